The van der Waals surface area contributed by atoms with Crippen LogP contribution in [0.3, 0.4) is 0 Å². The minimum Gasteiger partial charge on any atom is -0.367 e. The van der Waals surface area contributed by atoms with Crippen LogP contribution in [0.15, 0.2) is 29.0 Å². The molecule has 90 valence electrons. The number of pyridine rings is 1. The van der Waals surface area contributed by atoms with Crippen molar-refractivity contribution in [3.05, 3.63) is 40.5 Å². The lowest BCUT2D eigenvalue weighted by atomic mass is 10.3. The number of nitrogens with zero attached hydrogens (tertiary/aromatic N) is 3. The van der Waals surface area contributed by atoms with Crippen molar-refractivity contribution in [2.24, 2.45) is 7.05 Å². The summed E-state index contributed by atoms with van der Waals surface area (Å²) < 4.78 is 15.9. The number of aryl methyl sites for hydroxylation is 1. The van der Waals surface area contributed by atoms with E-state index in [-0.39, 0.29) is 11.6 Å². The van der Waals surface area contributed by atoms with Crippen LogP contribution < -0.4 is 5.32 Å². The predicted molar refractivity (Wildman–Crippen MR) is 67.3 cm³/mol. The van der Waals surface area contributed by atoms with Crippen molar-refractivity contribution in [3.63, 3.8) is 0 Å². The zero-order valence-electron chi connectivity index (χ0n) is 9.32. The third kappa shape index (κ3) is 3.03. The first-order chi connectivity index (χ1) is 8.16. The molecular weight excluding hydrogens is 287 g/mol. The maximum Gasteiger partial charge on any atom is 0.166 e. The molecule has 2 aromatic rings. The number of hydrogen-bond donors (Lipinski definition) is 1. The first-order valence-corrected chi connectivity index (χ1v) is 5.98. The number of anilines is 1. The van der Waals surface area contributed by atoms with E-state index in [0.717, 1.165) is 12.1 Å². The highest BCUT2D eigenvalue weighted by molar-refractivity contribution is 9.10. The summed E-state index contributed by atoms with van der Waals surface area (Å²) in [4.78, 5) is 3.96. The smallest absolute Gasteiger partial charge is 0.166 e. The van der Waals surface area contributed by atoms with Gasteiger partial charge in [0.1, 0.15) is 0 Å². The fourth-order valence-electron chi connectivity index (χ4n) is 1.50. The van der Waals surface area contributed by atoms with Crippen LogP contribution in [0.25, 0.3) is 0 Å². The number of nitrogens with one attached hydrogen (secondary N) is 1. The number of rotatable bonds is 4. The van der Waals surface area contributed by atoms with Crippen molar-refractivity contribution in [2.75, 3.05) is 11.9 Å². The van der Waals surface area contributed by atoms with Crippen molar-refractivity contribution in [1.82, 2.24) is 14.8 Å². The first kappa shape index (κ1) is 12.0. The van der Waals surface area contributed by atoms with E-state index in [9.17, 15) is 4.39 Å². The lowest BCUT2D eigenvalue weighted by Crippen LogP contribution is -2.10. The largest absolute Gasteiger partial charge is 0.367 e. The molecule has 2 aromatic heterocycles. The number of aromatic nitrogens is 3. The molecule has 0 saturated carbocycles. The van der Waals surface area contributed by atoms with Gasteiger partial charge in [0.15, 0.2) is 11.6 Å². The highest BCUT2D eigenvalue weighted by Crippen LogP contribution is 2.15. The van der Waals surface area contributed by atoms with E-state index < -0.39 is 0 Å². The van der Waals surface area contributed by atoms with Gasteiger partial charge in [-0.05, 0) is 28.1 Å². The second-order valence-corrected chi connectivity index (χ2v) is 4.52. The number of hydrogen-bond acceptors (Lipinski definition) is 3. The number of halogens is 2. The molecule has 0 saturated heterocycles. The second-order valence-electron chi connectivity index (χ2n) is 3.61. The molecule has 0 amide bonds. The molecule has 0 aliphatic carbocycles. The Hall–Kier alpha value is -1.43. The van der Waals surface area contributed by atoms with Gasteiger partial charge in [-0.15, -0.1) is 0 Å². The molecule has 0 aromatic carbocycles. The van der Waals surface area contributed by atoms with Crippen molar-refractivity contribution in [2.45, 2.75) is 6.42 Å². The molecule has 2 heterocycles. The molecule has 0 aliphatic rings. The van der Waals surface area contributed by atoms with Gasteiger partial charge >= 0.3 is 0 Å². The topological polar surface area (TPSA) is 42.7 Å². The van der Waals surface area contributed by atoms with Crippen molar-refractivity contribution in [3.8, 4) is 0 Å². The Morgan fingerprint density at radius 3 is 3.00 bits per heavy atom. The van der Waals surface area contributed by atoms with Crippen LogP contribution in [-0.2, 0) is 13.5 Å². The normalized spacial score (nSPS) is 10.5. The molecule has 6 heteroatoms. The van der Waals surface area contributed by atoms with Crippen molar-refractivity contribution < 1.29 is 4.39 Å². The molecule has 0 fully saturated rings. The van der Waals surface area contributed by atoms with Gasteiger partial charge in [0.25, 0.3) is 0 Å². The summed E-state index contributed by atoms with van der Waals surface area (Å²) in [7, 11) is 1.88. The Bertz CT molecular complexity index is 512. The van der Waals surface area contributed by atoms with E-state index >= 15 is 0 Å². The van der Waals surface area contributed by atoms with Gasteiger partial charge < -0.3 is 5.32 Å². The molecule has 0 radical (unpaired) electrons. The van der Waals surface area contributed by atoms with Gasteiger partial charge in [-0.25, -0.2) is 9.37 Å². The van der Waals surface area contributed by atoms with E-state index in [1.165, 1.54) is 6.07 Å². The summed E-state index contributed by atoms with van der Waals surface area (Å²) in [6.45, 7) is 0.616. The van der Waals surface area contributed by atoms with Gasteiger partial charge in [-0.3, -0.25) is 4.68 Å². The molecular formula is C11H12BrFN4. The van der Waals surface area contributed by atoms with Crippen LogP contribution in [0.4, 0.5) is 10.2 Å². The van der Waals surface area contributed by atoms with Crippen LogP contribution >= 0.6 is 15.9 Å². The second kappa shape index (κ2) is 5.27. The zero-order valence-corrected chi connectivity index (χ0v) is 10.9. The Morgan fingerprint density at radius 2 is 2.35 bits per heavy atom. The zero-order chi connectivity index (χ0) is 12.3. The molecule has 1 N–H and O–H groups in total. The van der Waals surface area contributed by atoms with Crippen LogP contribution in [0.2, 0.25) is 0 Å². The highest BCUT2D eigenvalue weighted by atomic mass is 79.9. The SMILES string of the molecule is Cn1nccc1CCNc1ncc(Br)cc1F. The van der Waals surface area contributed by atoms with Crippen molar-refractivity contribution >= 4 is 21.7 Å². The summed E-state index contributed by atoms with van der Waals surface area (Å²) in [6, 6.07) is 3.33. The average molecular weight is 299 g/mol. The third-order valence-corrected chi connectivity index (χ3v) is 2.84. The third-order valence-electron chi connectivity index (χ3n) is 2.40. The summed E-state index contributed by atoms with van der Waals surface area (Å²) in [6.07, 6.45) is 4.08. The van der Waals surface area contributed by atoms with Gasteiger partial charge in [-0.2, -0.15) is 5.10 Å². The minimum absolute atomic E-state index is 0.273. The molecule has 0 spiro atoms. The Morgan fingerprint density at radius 1 is 1.53 bits per heavy atom. The first-order valence-electron chi connectivity index (χ1n) is 5.18. The summed E-state index contributed by atoms with van der Waals surface area (Å²) in [5, 5.41) is 7.02. The monoisotopic (exact) mass is 298 g/mol. The van der Waals surface area contributed by atoms with Crippen LogP contribution in [-0.4, -0.2) is 21.3 Å². The lowest BCUT2D eigenvalue weighted by Gasteiger charge is -2.06. The molecule has 4 nitrogen and oxygen atoms in total. The van der Waals surface area contributed by atoms with E-state index in [1.807, 2.05) is 13.1 Å². The van der Waals surface area contributed by atoms with E-state index in [2.05, 4.69) is 31.3 Å². The van der Waals surface area contributed by atoms with Crippen molar-refractivity contribution in [1.29, 1.82) is 0 Å². The molecule has 0 atom stereocenters. The average Bonchev–Trinajstić information content (AvgIpc) is 2.68. The van der Waals surface area contributed by atoms with E-state index in [0.29, 0.717) is 11.0 Å². The molecule has 0 aliphatic heterocycles. The van der Waals surface area contributed by atoms with Gasteiger partial charge in [-0.1, -0.05) is 0 Å². The van der Waals surface area contributed by atoms with E-state index in [4.69, 9.17) is 0 Å². The summed E-state index contributed by atoms with van der Waals surface area (Å²) >= 11 is 3.16. The molecule has 0 bridgehead atoms. The highest BCUT2D eigenvalue weighted by Gasteiger charge is 2.04. The van der Waals surface area contributed by atoms with Crippen LogP contribution in [0.1, 0.15) is 5.69 Å². The summed E-state index contributed by atoms with van der Waals surface area (Å²) in [5.41, 5.74) is 1.09. The standard InChI is InChI=1S/C11H12BrFN4/c1-17-9(3-5-16-17)2-4-14-11-10(13)6-8(12)7-15-11/h3,5-7H,2,4H2,1H3,(H,14,15). The van der Waals surface area contributed by atoms with Crippen LogP contribution in [0, 0.1) is 5.82 Å². The predicted octanol–water partition coefficient (Wildman–Crippen LogP) is 2.37. The maximum atomic E-state index is 13.4. The summed E-state index contributed by atoms with van der Waals surface area (Å²) in [5.74, 6) is -0.0836. The lowest BCUT2D eigenvalue weighted by molar-refractivity contribution is 0.622. The fourth-order valence-corrected chi connectivity index (χ4v) is 1.80. The van der Waals surface area contributed by atoms with Gasteiger partial charge in [0, 0.05) is 42.6 Å². The van der Waals surface area contributed by atoms with Gasteiger partial charge in [0.05, 0.1) is 0 Å². The molecule has 0 unspecified atom stereocenters. The Balaban J connectivity index is 1.92. The quantitative estimate of drug-likeness (QED) is 0.942. The van der Waals surface area contributed by atoms with E-state index in [1.54, 1.807) is 17.1 Å². The van der Waals surface area contributed by atoms with Gasteiger partial charge in [0.2, 0.25) is 0 Å². The Kier molecular flexibility index (Phi) is 3.73. The molecule has 2 rings (SSSR count). The fraction of sp³-hybridized carbons (Fsp3) is 0.273. The minimum atomic E-state index is -0.357. The molecule has 17 heavy (non-hydrogen) atoms. The van der Waals surface area contributed by atoms with Crippen LogP contribution in [0.5, 0.6) is 0 Å². The Labute approximate surface area is 107 Å². The maximum absolute atomic E-state index is 13.4.